The van der Waals surface area contributed by atoms with Gasteiger partial charge < -0.3 is 9.72 Å². The summed E-state index contributed by atoms with van der Waals surface area (Å²) in [5.41, 5.74) is 2.13. The molecule has 0 aromatic carbocycles. The highest BCUT2D eigenvalue weighted by Gasteiger charge is 2.13. The Labute approximate surface area is 76.7 Å². The van der Waals surface area contributed by atoms with E-state index >= 15 is 0 Å². The molecule has 0 spiro atoms. The summed E-state index contributed by atoms with van der Waals surface area (Å²) in [6, 6.07) is 1.53. The number of aromatic nitrogens is 1. The van der Waals surface area contributed by atoms with Crippen molar-refractivity contribution >= 4 is 0 Å². The highest BCUT2D eigenvalue weighted by molar-refractivity contribution is 5.27. The molecule has 1 aromatic rings. The maximum absolute atomic E-state index is 11.5. The molecule has 3 nitrogen and oxygen atoms in total. The summed E-state index contributed by atoms with van der Waals surface area (Å²) in [4.78, 5) is 14.7. The van der Waals surface area contributed by atoms with Crippen molar-refractivity contribution in [1.29, 1.82) is 0 Å². The molecule has 70 valence electrons. The SMILES string of the molecule is COc1cc(=O)c2c([nH]1)CCCC2. The largest absolute Gasteiger partial charge is 0.482 e. The zero-order valence-corrected chi connectivity index (χ0v) is 7.72. The average molecular weight is 179 g/mol. The molecule has 3 heteroatoms. The monoisotopic (exact) mass is 179 g/mol. The highest BCUT2D eigenvalue weighted by Crippen LogP contribution is 2.18. The van der Waals surface area contributed by atoms with Crippen molar-refractivity contribution in [2.24, 2.45) is 0 Å². The first-order valence-corrected chi connectivity index (χ1v) is 4.60. The van der Waals surface area contributed by atoms with E-state index < -0.39 is 0 Å². The van der Waals surface area contributed by atoms with Crippen molar-refractivity contribution in [3.8, 4) is 5.88 Å². The molecule has 2 rings (SSSR count). The Bertz CT molecular complexity index is 368. The predicted molar refractivity (Wildman–Crippen MR) is 50.3 cm³/mol. The van der Waals surface area contributed by atoms with Gasteiger partial charge in [-0.3, -0.25) is 4.79 Å². The van der Waals surface area contributed by atoms with Crippen LogP contribution in [0.25, 0.3) is 0 Å². The zero-order chi connectivity index (χ0) is 9.26. The first kappa shape index (κ1) is 8.35. The molecule has 0 unspecified atom stereocenters. The number of fused-ring (bicyclic) bond motifs is 1. The van der Waals surface area contributed by atoms with Crippen LogP contribution in [0.1, 0.15) is 24.1 Å². The van der Waals surface area contributed by atoms with Crippen molar-refractivity contribution in [1.82, 2.24) is 4.98 Å². The molecule has 0 amide bonds. The summed E-state index contributed by atoms with van der Waals surface area (Å²) in [7, 11) is 1.57. The minimum absolute atomic E-state index is 0.116. The number of ether oxygens (including phenoxy) is 1. The minimum atomic E-state index is 0.116. The molecule has 1 aromatic heterocycles. The molecule has 13 heavy (non-hydrogen) atoms. The molecular formula is C10H13NO2. The summed E-state index contributed by atoms with van der Waals surface area (Å²) in [5, 5.41) is 0. The highest BCUT2D eigenvalue weighted by atomic mass is 16.5. The van der Waals surface area contributed by atoms with Crippen molar-refractivity contribution in [2.75, 3.05) is 7.11 Å². The second-order valence-corrected chi connectivity index (χ2v) is 3.37. The van der Waals surface area contributed by atoms with Crippen LogP contribution in [0.4, 0.5) is 0 Å². The Balaban J connectivity index is 2.53. The molecule has 0 saturated heterocycles. The Morgan fingerprint density at radius 1 is 1.38 bits per heavy atom. The summed E-state index contributed by atoms with van der Waals surface area (Å²) in [6.45, 7) is 0. The van der Waals surface area contributed by atoms with Gasteiger partial charge in [-0.1, -0.05) is 0 Å². The van der Waals surface area contributed by atoms with Gasteiger partial charge in [-0.2, -0.15) is 0 Å². The summed E-state index contributed by atoms with van der Waals surface area (Å²) in [5.74, 6) is 0.575. The van der Waals surface area contributed by atoms with Crippen LogP contribution < -0.4 is 10.2 Å². The number of hydrogen-bond donors (Lipinski definition) is 1. The molecule has 1 aliphatic rings. The summed E-state index contributed by atoms with van der Waals surface area (Å²) in [6.07, 6.45) is 4.18. The van der Waals surface area contributed by atoms with E-state index in [1.807, 2.05) is 0 Å². The number of H-pyrrole nitrogens is 1. The number of aromatic amines is 1. The summed E-state index contributed by atoms with van der Waals surface area (Å²) >= 11 is 0. The van der Waals surface area contributed by atoms with Crippen LogP contribution in [0.15, 0.2) is 10.9 Å². The van der Waals surface area contributed by atoms with Gasteiger partial charge in [0.15, 0.2) is 11.3 Å². The quantitative estimate of drug-likeness (QED) is 0.705. The second-order valence-electron chi connectivity index (χ2n) is 3.37. The van der Waals surface area contributed by atoms with Gasteiger partial charge in [0, 0.05) is 17.3 Å². The molecule has 0 fully saturated rings. The van der Waals surface area contributed by atoms with Gasteiger partial charge in [-0.15, -0.1) is 0 Å². The van der Waals surface area contributed by atoms with Gasteiger partial charge in [0.05, 0.1) is 7.11 Å². The molecule has 1 heterocycles. The number of aryl methyl sites for hydroxylation is 1. The third-order valence-electron chi connectivity index (χ3n) is 2.52. The number of hydrogen-bond acceptors (Lipinski definition) is 2. The first-order chi connectivity index (χ1) is 6.31. The van der Waals surface area contributed by atoms with Gasteiger partial charge in [0.25, 0.3) is 0 Å². The van der Waals surface area contributed by atoms with E-state index in [2.05, 4.69) is 4.98 Å². The normalized spacial score (nSPS) is 15.2. The smallest absolute Gasteiger partial charge is 0.194 e. The lowest BCUT2D eigenvalue weighted by atomic mass is 9.96. The van der Waals surface area contributed by atoms with Gasteiger partial charge in [0.1, 0.15) is 0 Å². The van der Waals surface area contributed by atoms with Crippen molar-refractivity contribution in [3.05, 3.63) is 27.5 Å². The van der Waals surface area contributed by atoms with Crippen LogP contribution in [-0.2, 0) is 12.8 Å². The van der Waals surface area contributed by atoms with E-state index in [1.165, 1.54) is 6.07 Å². The van der Waals surface area contributed by atoms with Crippen molar-refractivity contribution < 1.29 is 4.74 Å². The van der Waals surface area contributed by atoms with Crippen molar-refractivity contribution in [3.63, 3.8) is 0 Å². The van der Waals surface area contributed by atoms with E-state index in [-0.39, 0.29) is 5.43 Å². The molecule has 0 saturated carbocycles. The van der Waals surface area contributed by atoms with Crippen LogP contribution in [0.5, 0.6) is 5.88 Å². The fourth-order valence-electron chi connectivity index (χ4n) is 1.82. The number of rotatable bonds is 1. The fraction of sp³-hybridized carbons (Fsp3) is 0.500. The van der Waals surface area contributed by atoms with Gasteiger partial charge in [-0.05, 0) is 25.7 Å². The molecule has 1 aliphatic carbocycles. The third kappa shape index (κ3) is 1.46. The number of pyridine rings is 1. The van der Waals surface area contributed by atoms with Crippen molar-refractivity contribution in [2.45, 2.75) is 25.7 Å². The van der Waals surface area contributed by atoms with Crippen LogP contribution >= 0.6 is 0 Å². The minimum Gasteiger partial charge on any atom is -0.482 e. The topological polar surface area (TPSA) is 42.1 Å². The lowest BCUT2D eigenvalue weighted by Crippen LogP contribution is -2.17. The second kappa shape index (κ2) is 3.24. The summed E-state index contributed by atoms with van der Waals surface area (Å²) < 4.78 is 5.01. The Hall–Kier alpha value is -1.25. The van der Waals surface area contributed by atoms with Crippen LogP contribution in [0.3, 0.4) is 0 Å². The maximum Gasteiger partial charge on any atom is 0.194 e. The standard InChI is InChI=1S/C10H13NO2/c1-13-10-6-9(12)7-4-2-3-5-8(7)11-10/h6H,2-5H2,1H3,(H,11,12). The lowest BCUT2D eigenvalue weighted by Gasteiger charge is -2.15. The average Bonchev–Trinajstić information content (AvgIpc) is 2.18. The van der Waals surface area contributed by atoms with E-state index in [0.29, 0.717) is 5.88 Å². The number of methoxy groups -OCH3 is 1. The van der Waals surface area contributed by atoms with E-state index in [4.69, 9.17) is 4.74 Å². The van der Waals surface area contributed by atoms with Crippen LogP contribution in [0, 0.1) is 0 Å². The predicted octanol–water partition coefficient (Wildman–Crippen LogP) is 1.26. The zero-order valence-electron chi connectivity index (χ0n) is 7.72. The molecular weight excluding hydrogens is 166 g/mol. The first-order valence-electron chi connectivity index (χ1n) is 4.60. The Morgan fingerprint density at radius 2 is 2.15 bits per heavy atom. The van der Waals surface area contributed by atoms with Crippen LogP contribution in [0.2, 0.25) is 0 Å². The molecule has 0 atom stereocenters. The van der Waals surface area contributed by atoms with E-state index in [1.54, 1.807) is 7.11 Å². The van der Waals surface area contributed by atoms with Gasteiger partial charge >= 0.3 is 0 Å². The third-order valence-corrected chi connectivity index (χ3v) is 2.52. The molecule has 0 bridgehead atoms. The molecule has 0 aliphatic heterocycles. The van der Waals surface area contributed by atoms with Gasteiger partial charge in [-0.25, -0.2) is 0 Å². The maximum atomic E-state index is 11.5. The Kier molecular flexibility index (Phi) is 2.08. The molecule has 1 N–H and O–H groups in total. The van der Waals surface area contributed by atoms with E-state index in [9.17, 15) is 4.79 Å². The molecule has 0 radical (unpaired) electrons. The Morgan fingerprint density at radius 3 is 2.92 bits per heavy atom. The fourth-order valence-corrected chi connectivity index (χ4v) is 1.82. The number of nitrogens with one attached hydrogen (secondary N) is 1. The lowest BCUT2D eigenvalue weighted by molar-refractivity contribution is 0.394. The van der Waals surface area contributed by atoms with Crippen LogP contribution in [-0.4, -0.2) is 12.1 Å². The van der Waals surface area contributed by atoms with Gasteiger partial charge in [0.2, 0.25) is 0 Å². The van der Waals surface area contributed by atoms with E-state index in [0.717, 1.165) is 36.9 Å².